The third-order valence-electron chi connectivity index (χ3n) is 4.71. The van der Waals surface area contributed by atoms with Crippen molar-refractivity contribution in [1.82, 2.24) is 14.7 Å². The maximum absolute atomic E-state index is 12.4. The van der Waals surface area contributed by atoms with E-state index in [1.165, 1.54) is 5.56 Å². The summed E-state index contributed by atoms with van der Waals surface area (Å²) in [7, 11) is 1.69. The molecule has 2 heterocycles. The molecule has 5 nitrogen and oxygen atoms in total. The van der Waals surface area contributed by atoms with Crippen LogP contribution in [-0.2, 0) is 17.8 Å². The molecule has 0 saturated carbocycles. The van der Waals surface area contributed by atoms with Crippen molar-refractivity contribution < 1.29 is 9.53 Å². The smallest absolute Gasteiger partial charge is 0.244 e. The van der Waals surface area contributed by atoms with Gasteiger partial charge in [0.25, 0.3) is 0 Å². The maximum atomic E-state index is 12.4. The van der Waals surface area contributed by atoms with Crippen LogP contribution in [0.15, 0.2) is 36.7 Å². The minimum Gasteiger partial charge on any atom is -0.497 e. The number of rotatable bonds is 5. The van der Waals surface area contributed by atoms with E-state index in [2.05, 4.69) is 17.2 Å². The lowest BCUT2D eigenvalue weighted by atomic mass is 9.90. The summed E-state index contributed by atoms with van der Waals surface area (Å²) in [5.41, 5.74) is 2.42. The Hall–Kier alpha value is -2.30. The quantitative estimate of drug-likeness (QED) is 0.848. The van der Waals surface area contributed by atoms with Crippen LogP contribution in [0, 0.1) is 12.8 Å². The Morgan fingerprint density at radius 3 is 2.54 bits per heavy atom. The third kappa shape index (κ3) is 4.16. The van der Waals surface area contributed by atoms with Crippen LogP contribution in [0.2, 0.25) is 0 Å². The van der Waals surface area contributed by atoms with E-state index in [0.717, 1.165) is 43.7 Å². The minimum atomic E-state index is 0.168. The van der Waals surface area contributed by atoms with Gasteiger partial charge in [-0.25, -0.2) is 0 Å². The van der Waals surface area contributed by atoms with Crippen LogP contribution in [0.3, 0.4) is 0 Å². The molecule has 0 N–H and O–H groups in total. The number of ether oxygens (including phenoxy) is 1. The van der Waals surface area contributed by atoms with Gasteiger partial charge in [0.1, 0.15) is 12.3 Å². The monoisotopic (exact) mass is 327 g/mol. The molecule has 1 saturated heterocycles. The van der Waals surface area contributed by atoms with E-state index in [1.807, 2.05) is 30.2 Å². The summed E-state index contributed by atoms with van der Waals surface area (Å²) in [6.07, 6.45) is 6.90. The normalized spacial score (nSPS) is 15.5. The van der Waals surface area contributed by atoms with Gasteiger partial charge in [-0.05, 0) is 55.4 Å². The topological polar surface area (TPSA) is 47.4 Å². The molecular weight excluding hydrogens is 302 g/mol. The molecule has 128 valence electrons. The van der Waals surface area contributed by atoms with Gasteiger partial charge in [0, 0.05) is 19.3 Å². The molecule has 1 aromatic carbocycles. The third-order valence-corrected chi connectivity index (χ3v) is 4.71. The molecule has 1 aliphatic heterocycles. The van der Waals surface area contributed by atoms with E-state index in [-0.39, 0.29) is 5.91 Å². The summed E-state index contributed by atoms with van der Waals surface area (Å²) in [5, 5.41) is 4.19. The van der Waals surface area contributed by atoms with Crippen molar-refractivity contribution in [3.8, 4) is 5.75 Å². The summed E-state index contributed by atoms with van der Waals surface area (Å²) in [4.78, 5) is 14.3. The number of piperidine rings is 1. The van der Waals surface area contributed by atoms with Crippen LogP contribution < -0.4 is 4.74 Å². The van der Waals surface area contributed by atoms with Crippen molar-refractivity contribution in [2.24, 2.45) is 5.92 Å². The first-order valence-electron chi connectivity index (χ1n) is 8.54. The molecule has 0 aliphatic carbocycles. The van der Waals surface area contributed by atoms with Gasteiger partial charge in [0.2, 0.25) is 5.91 Å². The molecule has 1 amide bonds. The van der Waals surface area contributed by atoms with Crippen LogP contribution in [-0.4, -0.2) is 40.8 Å². The Balaban J connectivity index is 1.47. The highest BCUT2D eigenvalue weighted by Crippen LogP contribution is 2.23. The SMILES string of the molecule is COc1ccc(CC2CCN(C(=O)Cn3cc(C)cn3)CC2)cc1. The van der Waals surface area contributed by atoms with Crippen molar-refractivity contribution in [2.45, 2.75) is 32.7 Å². The second-order valence-corrected chi connectivity index (χ2v) is 6.59. The van der Waals surface area contributed by atoms with Gasteiger partial charge in [-0.1, -0.05) is 12.1 Å². The lowest BCUT2D eigenvalue weighted by molar-refractivity contribution is -0.133. The van der Waals surface area contributed by atoms with Gasteiger partial charge in [-0.15, -0.1) is 0 Å². The molecule has 1 aliphatic rings. The van der Waals surface area contributed by atoms with Crippen molar-refractivity contribution >= 4 is 5.91 Å². The standard InChI is InChI=1S/C19H25N3O2/c1-15-12-20-22(13-15)14-19(23)21-9-7-17(8-10-21)11-16-3-5-18(24-2)6-4-16/h3-6,12-13,17H,7-11,14H2,1-2H3. The van der Waals surface area contributed by atoms with Crippen molar-refractivity contribution in [3.05, 3.63) is 47.8 Å². The zero-order valence-electron chi connectivity index (χ0n) is 14.4. The number of carbonyl (C=O) groups excluding carboxylic acids is 1. The van der Waals surface area contributed by atoms with Crippen LogP contribution in [0.25, 0.3) is 0 Å². The molecule has 1 fully saturated rings. The maximum Gasteiger partial charge on any atom is 0.244 e. The fraction of sp³-hybridized carbons (Fsp3) is 0.474. The summed E-state index contributed by atoms with van der Waals surface area (Å²) in [6, 6.07) is 8.30. The van der Waals surface area contributed by atoms with Crippen LogP contribution in [0.5, 0.6) is 5.75 Å². The lowest BCUT2D eigenvalue weighted by Gasteiger charge is -2.32. The second kappa shape index (κ2) is 7.51. The van der Waals surface area contributed by atoms with Gasteiger partial charge >= 0.3 is 0 Å². The molecule has 2 aromatic rings. The minimum absolute atomic E-state index is 0.168. The van der Waals surface area contributed by atoms with Gasteiger partial charge in [0.15, 0.2) is 0 Å². The molecule has 24 heavy (non-hydrogen) atoms. The number of likely N-dealkylation sites (tertiary alicyclic amines) is 1. The van der Waals surface area contributed by atoms with Gasteiger partial charge in [0.05, 0.1) is 13.3 Å². The largest absolute Gasteiger partial charge is 0.497 e. The molecule has 5 heteroatoms. The number of methoxy groups -OCH3 is 1. The zero-order valence-corrected chi connectivity index (χ0v) is 14.4. The summed E-state index contributed by atoms with van der Waals surface area (Å²) >= 11 is 0. The first-order valence-corrected chi connectivity index (χ1v) is 8.54. The van der Waals surface area contributed by atoms with E-state index in [1.54, 1.807) is 18.0 Å². The molecule has 0 unspecified atom stereocenters. The summed E-state index contributed by atoms with van der Waals surface area (Å²) in [5.74, 6) is 1.71. The highest BCUT2D eigenvalue weighted by molar-refractivity contribution is 5.76. The molecule has 1 aromatic heterocycles. The van der Waals surface area contributed by atoms with Crippen LogP contribution in [0.4, 0.5) is 0 Å². The van der Waals surface area contributed by atoms with Crippen LogP contribution >= 0.6 is 0 Å². The van der Waals surface area contributed by atoms with Crippen molar-refractivity contribution in [3.63, 3.8) is 0 Å². The fourth-order valence-electron chi connectivity index (χ4n) is 3.27. The van der Waals surface area contributed by atoms with E-state index in [4.69, 9.17) is 4.74 Å². The van der Waals surface area contributed by atoms with Crippen molar-refractivity contribution in [1.29, 1.82) is 0 Å². The molecule has 0 atom stereocenters. The number of benzene rings is 1. The van der Waals surface area contributed by atoms with Gasteiger partial charge < -0.3 is 9.64 Å². The van der Waals surface area contributed by atoms with Gasteiger partial charge in [-0.2, -0.15) is 5.10 Å². The number of hydrogen-bond donors (Lipinski definition) is 0. The average molecular weight is 327 g/mol. The molecular formula is C19H25N3O2. The first-order chi connectivity index (χ1) is 11.6. The number of nitrogens with zero attached hydrogens (tertiary/aromatic N) is 3. The number of amides is 1. The van der Waals surface area contributed by atoms with Crippen molar-refractivity contribution in [2.75, 3.05) is 20.2 Å². The van der Waals surface area contributed by atoms with Crippen LogP contribution in [0.1, 0.15) is 24.0 Å². The molecule has 0 bridgehead atoms. The number of carbonyl (C=O) groups is 1. The lowest BCUT2D eigenvalue weighted by Crippen LogP contribution is -2.40. The second-order valence-electron chi connectivity index (χ2n) is 6.59. The predicted molar refractivity (Wildman–Crippen MR) is 93.0 cm³/mol. The highest BCUT2D eigenvalue weighted by atomic mass is 16.5. The Morgan fingerprint density at radius 1 is 1.25 bits per heavy atom. The van der Waals surface area contributed by atoms with E-state index >= 15 is 0 Å². The average Bonchev–Trinajstić information content (AvgIpc) is 3.01. The number of hydrogen-bond acceptors (Lipinski definition) is 3. The van der Waals surface area contributed by atoms with Gasteiger partial charge in [-0.3, -0.25) is 9.48 Å². The Kier molecular flexibility index (Phi) is 5.18. The molecule has 0 radical (unpaired) electrons. The first kappa shape index (κ1) is 16.6. The number of aryl methyl sites for hydroxylation is 1. The van der Waals surface area contributed by atoms with E-state index in [0.29, 0.717) is 12.5 Å². The predicted octanol–water partition coefficient (Wildman–Crippen LogP) is 2.68. The molecule has 0 spiro atoms. The Bertz CT molecular complexity index is 670. The Labute approximate surface area is 143 Å². The fourth-order valence-corrected chi connectivity index (χ4v) is 3.27. The van der Waals surface area contributed by atoms with E-state index < -0.39 is 0 Å². The summed E-state index contributed by atoms with van der Waals surface area (Å²) < 4.78 is 6.92. The highest BCUT2D eigenvalue weighted by Gasteiger charge is 2.23. The zero-order chi connectivity index (χ0) is 16.9. The molecule has 3 rings (SSSR count). The summed E-state index contributed by atoms with van der Waals surface area (Å²) in [6.45, 7) is 4.02. The number of aromatic nitrogens is 2. The van der Waals surface area contributed by atoms with E-state index in [9.17, 15) is 4.79 Å². The Morgan fingerprint density at radius 2 is 1.96 bits per heavy atom.